The van der Waals surface area contributed by atoms with Crippen molar-refractivity contribution >= 4 is 17.3 Å². The van der Waals surface area contributed by atoms with E-state index in [1.807, 2.05) is 0 Å². The average Bonchev–Trinajstić information content (AvgIpc) is 2.79. The summed E-state index contributed by atoms with van der Waals surface area (Å²) >= 11 is 6.01. The quantitative estimate of drug-likeness (QED) is 0.871. The van der Waals surface area contributed by atoms with Gasteiger partial charge in [-0.3, -0.25) is 0 Å². The molecule has 0 spiro atoms. The van der Waals surface area contributed by atoms with Gasteiger partial charge in [-0.1, -0.05) is 30.6 Å². The van der Waals surface area contributed by atoms with Crippen LogP contribution in [0.15, 0.2) is 16.7 Å². The van der Waals surface area contributed by atoms with Crippen LogP contribution in [0.2, 0.25) is 5.02 Å². The van der Waals surface area contributed by atoms with Crippen LogP contribution in [0.5, 0.6) is 5.75 Å². The number of benzene rings is 1. The minimum absolute atomic E-state index is 0.384. The van der Waals surface area contributed by atoms with Crippen molar-refractivity contribution in [3.8, 4) is 17.2 Å². The lowest BCUT2D eigenvalue weighted by Gasteiger charge is -2.07. The summed E-state index contributed by atoms with van der Waals surface area (Å²) in [6.45, 7) is 4.19. The molecule has 1 aromatic heterocycles. The molecule has 0 bridgehead atoms. The van der Waals surface area contributed by atoms with Crippen LogP contribution in [0, 0.1) is 5.92 Å². The van der Waals surface area contributed by atoms with Gasteiger partial charge in [0.1, 0.15) is 5.75 Å². The van der Waals surface area contributed by atoms with Crippen molar-refractivity contribution in [2.24, 2.45) is 5.92 Å². The summed E-state index contributed by atoms with van der Waals surface area (Å²) in [6, 6.07) is 3.31. The summed E-state index contributed by atoms with van der Waals surface area (Å²) in [4.78, 5) is 4.34. The Bertz CT molecular complexity index is 581. The van der Waals surface area contributed by atoms with E-state index in [-0.39, 0.29) is 0 Å². The molecule has 0 aliphatic rings. The molecule has 0 amide bonds. The second-order valence-corrected chi connectivity index (χ2v) is 5.09. The molecule has 2 aromatic rings. The topological polar surface area (TPSA) is 74.2 Å². The molecule has 0 fully saturated rings. The smallest absolute Gasteiger partial charge is 0.261 e. The van der Waals surface area contributed by atoms with Crippen LogP contribution in [0.25, 0.3) is 11.5 Å². The highest BCUT2D eigenvalue weighted by molar-refractivity contribution is 6.33. The second-order valence-electron chi connectivity index (χ2n) is 4.69. The lowest BCUT2D eigenvalue weighted by molar-refractivity contribution is 0.401. The van der Waals surface area contributed by atoms with Crippen molar-refractivity contribution in [3.63, 3.8) is 0 Å². The van der Waals surface area contributed by atoms with Gasteiger partial charge in [-0.05, 0) is 12.0 Å². The van der Waals surface area contributed by atoms with Gasteiger partial charge in [-0.2, -0.15) is 4.98 Å². The molecule has 0 atom stereocenters. The molecule has 102 valence electrons. The number of nitrogens with zero attached hydrogens (tertiary/aromatic N) is 2. The van der Waals surface area contributed by atoms with Crippen LogP contribution in [0.1, 0.15) is 19.7 Å². The number of nitrogen functional groups attached to an aromatic ring is 1. The SMILES string of the molecule is COc1cc(N)c(Cl)cc1-c1nc(CC(C)C)no1. The van der Waals surface area contributed by atoms with Gasteiger partial charge < -0.3 is 15.0 Å². The molecular formula is C13H16ClN3O2. The molecule has 1 heterocycles. The predicted octanol–water partition coefficient (Wildman–Crippen LogP) is 3.18. The zero-order valence-corrected chi connectivity index (χ0v) is 11.9. The fourth-order valence-corrected chi connectivity index (χ4v) is 1.88. The number of nitrogens with two attached hydrogens (primary N) is 1. The minimum atomic E-state index is 0.384. The Labute approximate surface area is 116 Å². The fraction of sp³-hybridized carbons (Fsp3) is 0.385. The van der Waals surface area contributed by atoms with Gasteiger partial charge >= 0.3 is 0 Å². The van der Waals surface area contributed by atoms with Gasteiger partial charge in [0.05, 0.1) is 23.4 Å². The van der Waals surface area contributed by atoms with Crippen molar-refractivity contribution < 1.29 is 9.26 Å². The maximum atomic E-state index is 6.01. The Kier molecular flexibility index (Phi) is 3.95. The van der Waals surface area contributed by atoms with Crippen molar-refractivity contribution in [1.82, 2.24) is 10.1 Å². The third-order valence-electron chi connectivity index (χ3n) is 2.61. The summed E-state index contributed by atoms with van der Waals surface area (Å²) in [5.74, 6) is 2.07. The van der Waals surface area contributed by atoms with Gasteiger partial charge in [-0.25, -0.2) is 0 Å². The number of rotatable bonds is 4. The summed E-state index contributed by atoms with van der Waals surface area (Å²) < 4.78 is 10.5. The van der Waals surface area contributed by atoms with Gasteiger partial charge in [0, 0.05) is 12.5 Å². The van der Waals surface area contributed by atoms with E-state index in [1.165, 1.54) is 0 Å². The first-order valence-electron chi connectivity index (χ1n) is 5.97. The molecule has 1 aromatic carbocycles. The molecule has 0 aliphatic heterocycles. The van der Waals surface area contributed by atoms with Crippen LogP contribution in [0.4, 0.5) is 5.69 Å². The molecule has 6 heteroatoms. The second kappa shape index (κ2) is 5.48. The summed E-state index contributed by atoms with van der Waals surface area (Å²) in [6.07, 6.45) is 0.758. The monoisotopic (exact) mass is 281 g/mol. The third-order valence-corrected chi connectivity index (χ3v) is 2.94. The van der Waals surface area contributed by atoms with E-state index in [1.54, 1.807) is 19.2 Å². The van der Waals surface area contributed by atoms with E-state index in [0.717, 1.165) is 6.42 Å². The van der Waals surface area contributed by atoms with Crippen molar-refractivity contribution in [3.05, 3.63) is 23.0 Å². The zero-order chi connectivity index (χ0) is 14.0. The van der Waals surface area contributed by atoms with Crippen molar-refractivity contribution in [2.45, 2.75) is 20.3 Å². The van der Waals surface area contributed by atoms with E-state index in [9.17, 15) is 0 Å². The zero-order valence-electron chi connectivity index (χ0n) is 11.1. The third kappa shape index (κ3) is 2.98. The first-order valence-corrected chi connectivity index (χ1v) is 6.35. The van der Waals surface area contributed by atoms with Crippen LogP contribution in [0.3, 0.4) is 0 Å². The van der Waals surface area contributed by atoms with Gasteiger partial charge in [0.2, 0.25) is 0 Å². The highest BCUT2D eigenvalue weighted by Crippen LogP contribution is 2.35. The lowest BCUT2D eigenvalue weighted by atomic mass is 10.1. The van der Waals surface area contributed by atoms with Gasteiger partial charge in [0.15, 0.2) is 5.82 Å². The fourth-order valence-electron chi connectivity index (χ4n) is 1.72. The molecular weight excluding hydrogens is 266 g/mol. The van der Waals surface area contributed by atoms with E-state index in [0.29, 0.717) is 39.7 Å². The Morgan fingerprint density at radius 3 is 2.79 bits per heavy atom. The molecule has 19 heavy (non-hydrogen) atoms. The lowest BCUT2D eigenvalue weighted by Crippen LogP contribution is -1.96. The van der Waals surface area contributed by atoms with Crippen LogP contribution in [-0.2, 0) is 6.42 Å². The maximum Gasteiger partial charge on any atom is 0.261 e. The first kappa shape index (κ1) is 13.7. The molecule has 0 saturated carbocycles. The Morgan fingerprint density at radius 2 is 2.16 bits per heavy atom. The summed E-state index contributed by atoms with van der Waals surface area (Å²) in [7, 11) is 1.55. The van der Waals surface area contributed by atoms with Gasteiger partial charge in [-0.15, -0.1) is 0 Å². The summed E-state index contributed by atoms with van der Waals surface area (Å²) in [5, 5.41) is 4.37. The van der Waals surface area contributed by atoms with E-state index < -0.39 is 0 Å². The first-order chi connectivity index (χ1) is 9.01. The molecule has 0 unspecified atom stereocenters. The average molecular weight is 282 g/mol. The Hall–Kier alpha value is -1.75. The minimum Gasteiger partial charge on any atom is -0.496 e. The molecule has 2 rings (SSSR count). The molecule has 0 aliphatic carbocycles. The number of halogens is 1. The van der Waals surface area contributed by atoms with Gasteiger partial charge in [0.25, 0.3) is 5.89 Å². The number of hydrogen-bond donors (Lipinski definition) is 1. The number of anilines is 1. The van der Waals surface area contributed by atoms with E-state index >= 15 is 0 Å². The highest BCUT2D eigenvalue weighted by Gasteiger charge is 2.16. The van der Waals surface area contributed by atoms with E-state index in [4.69, 9.17) is 26.6 Å². The summed E-state index contributed by atoms with van der Waals surface area (Å²) in [5.41, 5.74) is 6.83. The Morgan fingerprint density at radius 1 is 1.42 bits per heavy atom. The predicted molar refractivity (Wildman–Crippen MR) is 74.3 cm³/mol. The number of hydrogen-bond acceptors (Lipinski definition) is 5. The van der Waals surface area contributed by atoms with Crippen LogP contribution < -0.4 is 10.5 Å². The van der Waals surface area contributed by atoms with E-state index in [2.05, 4.69) is 24.0 Å². The Balaban J connectivity index is 2.40. The van der Waals surface area contributed by atoms with Crippen molar-refractivity contribution in [2.75, 3.05) is 12.8 Å². The van der Waals surface area contributed by atoms with Crippen LogP contribution in [-0.4, -0.2) is 17.3 Å². The largest absolute Gasteiger partial charge is 0.496 e. The highest BCUT2D eigenvalue weighted by atomic mass is 35.5. The molecule has 0 saturated heterocycles. The van der Waals surface area contributed by atoms with Crippen molar-refractivity contribution in [1.29, 1.82) is 0 Å². The maximum absolute atomic E-state index is 6.01. The number of ether oxygens (including phenoxy) is 1. The molecule has 0 radical (unpaired) electrons. The number of methoxy groups -OCH3 is 1. The molecule has 5 nitrogen and oxygen atoms in total. The number of aromatic nitrogens is 2. The normalized spacial score (nSPS) is 11.0. The van der Waals surface area contributed by atoms with Crippen LogP contribution >= 0.6 is 11.6 Å². The standard InChI is InChI=1S/C13H16ClN3O2/c1-7(2)4-12-16-13(19-17-12)8-5-9(14)10(15)6-11(8)18-3/h5-7H,4,15H2,1-3H3. The molecule has 2 N–H and O–H groups in total.